The number of hydrogen-bond donors (Lipinski definition) is 2. The van der Waals surface area contributed by atoms with Crippen LogP contribution in [-0.4, -0.2) is 32.0 Å². The summed E-state index contributed by atoms with van der Waals surface area (Å²) in [5.41, 5.74) is 5.62. The molecule has 0 spiro atoms. The highest BCUT2D eigenvalue weighted by atomic mass is 32.2. The summed E-state index contributed by atoms with van der Waals surface area (Å²) in [6.45, 7) is 4.06. The average molecular weight is 259 g/mol. The molecule has 0 radical (unpaired) electrons. The molecule has 0 saturated heterocycles. The van der Waals surface area contributed by atoms with Gasteiger partial charge in [0, 0.05) is 11.3 Å². The molecule has 7 heteroatoms. The minimum atomic E-state index is -0.875. The predicted octanol–water partition coefficient (Wildman–Crippen LogP) is 1.74. The third-order valence-electron chi connectivity index (χ3n) is 1.39. The Balaban J connectivity index is 2.77. The molecule has 0 aliphatic rings. The van der Waals surface area contributed by atoms with Gasteiger partial charge < -0.3 is 10.8 Å². The van der Waals surface area contributed by atoms with Gasteiger partial charge in [0.25, 0.3) is 0 Å². The zero-order chi connectivity index (χ0) is 12.1. The van der Waals surface area contributed by atoms with Crippen LogP contribution in [0.2, 0.25) is 0 Å². The van der Waals surface area contributed by atoms with Crippen molar-refractivity contribution in [2.24, 2.45) is 0 Å². The first kappa shape index (κ1) is 13.1. The standard InChI is InChI=1S/C9H13N3O2S2/c1-5(2)16-9-11-6(10)3-7(12-9)15-4-8(13)14/h3,5H,4H2,1-2H3,(H,13,14)(H2,10,11,12). The Bertz CT molecular complexity index is 385. The third kappa shape index (κ3) is 4.71. The van der Waals surface area contributed by atoms with Gasteiger partial charge in [-0.3, -0.25) is 4.79 Å². The number of thioether (sulfide) groups is 2. The molecule has 0 unspecified atom stereocenters. The van der Waals surface area contributed by atoms with Gasteiger partial charge in [-0.2, -0.15) is 0 Å². The Labute approximate surface area is 102 Å². The molecule has 1 aromatic heterocycles. The molecule has 0 fully saturated rings. The van der Waals surface area contributed by atoms with Gasteiger partial charge in [-0.15, -0.1) is 0 Å². The van der Waals surface area contributed by atoms with Crippen molar-refractivity contribution in [1.29, 1.82) is 0 Å². The maximum Gasteiger partial charge on any atom is 0.313 e. The van der Waals surface area contributed by atoms with Gasteiger partial charge in [0.2, 0.25) is 0 Å². The molecular weight excluding hydrogens is 246 g/mol. The van der Waals surface area contributed by atoms with E-state index in [-0.39, 0.29) is 5.75 Å². The van der Waals surface area contributed by atoms with E-state index in [4.69, 9.17) is 10.8 Å². The van der Waals surface area contributed by atoms with Gasteiger partial charge in [0.05, 0.1) is 5.75 Å². The SMILES string of the molecule is CC(C)Sc1nc(N)cc(SCC(=O)O)n1. The molecule has 0 amide bonds. The van der Waals surface area contributed by atoms with E-state index in [1.165, 1.54) is 11.8 Å². The van der Waals surface area contributed by atoms with E-state index in [9.17, 15) is 4.79 Å². The highest BCUT2D eigenvalue weighted by Gasteiger charge is 2.07. The van der Waals surface area contributed by atoms with Crippen LogP contribution in [0.25, 0.3) is 0 Å². The number of anilines is 1. The Morgan fingerprint density at radius 1 is 1.56 bits per heavy atom. The van der Waals surface area contributed by atoms with E-state index in [0.717, 1.165) is 11.8 Å². The summed E-state index contributed by atoms with van der Waals surface area (Å²) in [7, 11) is 0. The summed E-state index contributed by atoms with van der Waals surface area (Å²) >= 11 is 2.64. The quantitative estimate of drug-likeness (QED) is 0.473. The minimum absolute atomic E-state index is 0.0256. The van der Waals surface area contributed by atoms with Crippen LogP contribution in [0, 0.1) is 0 Å². The second-order valence-electron chi connectivity index (χ2n) is 3.26. The first-order valence-corrected chi connectivity index (χ1v) is 6.49. The van der Waals surface area contributed by atoms with Gasteiger partial charge in [-0.05, 0) is 0 Å². The number of aliphatic carboxylic acids is 1. The minimum Gasteiger partial charge on any atom is -0.481 e. The lowest BCUT2D eigenvalue weighted by Crippen LogP contribution is -2.01. The van der Waals surface area contributed by atoms with Gasteiger partial charge >= 0.3 is 5.97 Å². The summed E-state index contributed by atoms with van der Waals surface area (Å²) in [4.78, 5) is 18.7. The Kier molecular flexibility index (Phi) is 4.88. The van der Waals surface area contributed by atoms with Crippen molar-refractivity contribution >= 4 is 35.3 Å². The van der Waals surface area contributed by atoms with Crippen LogP contribution in [0.5, 0.6) is 0 Å². The lowest BCUT2D eigenvalue weighted by Gasteiger charge is -2.06. The molecule has 16 heavy (non-hydrogen) atoms. The number of aromatic nitrogens is 2. The van der Waals surface area contributed by atoms with Gasteiger partial charge in [0.15, 0.2) is 5.16 Å². The van der Waals surface area contributed by atoms with Crippen molar-refractivity contribution < 1.29 is 9.90 Å². The number of hydrogen-bond acceptors (Lipinski definition) is 6. The van der Waals surface area contributed by atoms with Crippen LogP contribution in [0.15, 0.2) is 16.2 Å². The van der Waals surface area contributed by atoms with Crippen molar-refractivity contribution in [3.8, 4) is 0 Å². The van der Waals surface area contributed by atoms with Gasteiger partial charge in [-0.1, -0.05) is 37.4 Å². The van der Waals surface area contributed by atoms with E-state index in [2.05, 4.69) is 9.97 Å². The van der Waals surface area contributed by atoms with Crippen LogP contribution in [-0.2, 0) is 4.79 Å². The monoisotopic (exact) mass is 259 g/mol. The van der Waals surface area contributed by atoms with E-state index >= 15 is 0 Å². The molecule has 88 valence electrons. The largest absolute Gasteiger partial charge is 0.481 e. The molecule has 1 heterocycles. The average Bonchev–Trinajstić information content (AvgIpc) is 2.12. The molecule has 0 saturated carbocycles. The Morgan fingerprint density at radius 3 is 2.81 bits per heavy atom. The molecule has 0 atom stereocenters. The van der Waals surface area contributed by atoms with E-state index in [1.807, 2.05) is 13.8 Å². The number of carboxylic acids is 1. The molecule has 0 bridgehead atoms. The first-order valence-electron chi connectivity index (χ1n) is 4.63. The van der Waals surface area contributed by atoms with Crippen LogP contribution >= 0.6 is 23.5 Å². The zero-order valence-electron chi connectivity index (χ0n) is 9.01. The first-order chi connectivity index (χ1) is 7.47. The molecular formula is C9H13N3O2S2. The van der Waals surface area contributed by atoms with Crippen LogP contribution in [0.4, 0.5) is 5.82 Å². The summed E-state index contributed by atoms with van der Waals surface area (Å²) < 4.78 is 0. The second-order valence-corrected chi connectivity index (χ2v) is 5.80. The lowest BCUT2D eigenvalue weighted by molar-refractivity contribution is -0.133. The van der Waals surface area contributed by atoms with Crippen molar-refractivity contribution in [3.63, 3.8) is 0 Å². The lowest BCUT2D eigenvalue weighted by atomic mass is 10.6. The van der Waals surface area contributed by atoms with E-state index in [0.29, 0.717) is 21.3 Å². The second kappa shape index (κ2) is 5.95. The fraction of sp³-hybridized carbons (Fsp3) is 0.444. The molecule has 1 rings (SSSR count). The Hall–Kier alpha value is -0.950. The summed E-state index contributed by atoms with van der Waals surface area (Å²) in [5.74, 6) is -0.534. The van der Waals surface area contributed by atoms with Crippen LogP contribution < -0.4 is 5.73 Å². The van der Waals surface area contributed by atoms with Gasteiger partial charge in [-0.25, -0.2) is 9.97 Å². The molecule has 3 N–H and O–H groups in total. The number of rotatable bonds is 5. The third-order valence-corrected chi connectivity index (χ3v) is 3.15. The predicted molar refractivity (Wildman–Crippen MR) is 65.8 cm³/mol. The zero-order valence-corrected chi connectivity index (χ0v) is 10.6. The van der Waals surface area contributed by atoms with Crippen molar-refractivity contribution in [3.05, 3.63) is 6.07 Å². The highest BCUT2D eigenvalue weighted by molar-refractivity contribution is 8.00. The highest BCUT2D eigenvalue weighted by Crippen LogP contribution is 2.24. The number of nitrogens with two attached hydrogens (primary N) is 1. The molecule has 1 aromatic rings. The topological polar surface area (TPSA) is 89.1 Å². The van der Waals surface area contributed by atoms with Crippen molar-refractivity contribution in [2.45, 2.75) is 29.3 Å². The van der Waals surface area contributed by atoms with Crippen molar-refractivity contribution in [1.82, 2.24) is 9.97 Å². The normalized spacial score (nSPS) is 10.7. The van der Waals surface area contributed by atoms with Crippen molar-refractivity contribution in [2.75, 3.05) is 11.5 Å². The summed E-state index contributed by atoms with van der Waals surface area (Å²) in [6.07, 6.45) is 0. The fourth-order valence-electron chi connectivity index (χ4n) is 0.894. The maximum atomic E-state index is 10.4. The molecule has 0 aliphatic heterocycles. The number of carbonyl (C=O) groups is 1. The number of nitrogen functional groups attached to an aromatic ring is 1. The summed E-state index contributed by atoms with van der Waals surface area (Å²) in [5, 5.41) is 10.1. The van der Waals surface area contributed by atoms with Crippen LogP contribution in [0.3, 0.4) is 0 Å². The molecule has 0 aromatic carbocycles. The smallest absolute Gasteiger partial charge is 0.313 e. The fourth-order valence-corrected chi connectivity index (χ4v) is 2.31. The Morgan fingerprint density at radius 2 is 2.25 bits per heavy atom. The number of carboxylic acid groups (broad SMARTS) is 1. The maximum absolute atomic E-state index is 10.4. The van der Waals surface area contributed by atoms with Gasteiger partial charge in [0.1, 0.15) is 10.8 Å². The molecule has 0 aliphatic carbocycles. The van der Waals surface area contributed by atoms with E-state index in [1.54, 1.807) is 6.07 Å². The summed E-state index contributed by atoms with van der Waals surface area (Å²) in [6, 6.07) is 1.58. The number of nitrogens with zero attached hydrogens (tertiary/aromatic N) is 2. The molecule has 5 nitrogen and oxygen atoms in total. The van der Waals surface area contributed by atoms with E-state index < -0.39 is 5.97 Å². The van der Waals surface area contributed by atoms with Crippen LogP contribution in [0.1, 0.15) is 13.8 Å².